The minimum Gasteiger partial charge on any atom is -0.480 e. The first-order valence-electron chi connectivity index (χ1n) is 6.59. The van der Waals surface area contributed by atoms with Gasteiger partial charge in [0.15, 0.2) is 0 Å². The zero-order valence-electron chi connectivity index (χ0n) is 11.1. The third-order valence-corrected chi connectivity index (χ3v) is 5.10. The molecule has 1 rings (SSSR count). The molecule has 0 saturated carbocycles. The second-order valence-electron chi connectivity index (χ2n) is 4.97. The van der Waals surface area contributed by atoms with Crippen LogP contribution in [0.1, 0.15) is 39.0 Å². The predicted molar refractivity (Wildman–Crippen MR) is 70.5 cm³/mol. The van der Waals surface area contributed by atoms with Crippen molar-refractivity contribution in [2.45, 2.75) is 45.1 Å². The van der Waals surface area contributed by atoms with Crippen molar-refractivity contribution in [3.05, 3.63) is 0 Å². The number of unbranched alkanes of at least 4 members (excludes halogenated alkanes) is 1. The Bertz CT molecular complexity index is 417. The van der Waals surface area contributed by atoms with Crippen LogP contribution in [0, 0.1) is 5.92 Å². The minimum absolute atomic E-state index is 0.0117. The van der Waals surface area contributed by atoms with Crippen LogP contribution in [0.25, 0.3) is 0 Å². The summed E-state index contributed by atoms with van der Waals surface area (Å²) in [5.41, 5.74) is 0. The molecule has 1 atom stereocenters. The van der Waals surface area contributed by atoms with Crippen LogP contribution in [0.5, 0.6) is 0 Å². The van der Waals surface area contributed by atoms with Gasteiger partial charge >= 0.3 is 5.97 Å². The van der Waals surface area contributed by atoms with Crippen molar-refractivity contribution in [1.29, 1.82) is 0 Å². The third-order valence-electron chi connectivity index (χ3n) is 3.39. The molecule has 0 radical (unpaired) electrons. The van der Waals surface area contributed by atoms with Gasteiger partial charge in [0.2, 0.25) is 5.91 Å². The Hall–Kier alpha value is -1.11. The molecule has 7 heteroatoms. The molecule has 1 unspecified atom stereocenters. The molecule has 0 aromatic rings. The van der Waals surface area contributed by atoms with Gasteiger partial charge in [-0.15, -0.1) is 0 Å². The van der Waals surface area contributed by atoms with Gasteiger partial charge in [-0.2, -0.15) is 0 Å². The number of carboxylic acid groups (broad SMARTS) is 1. The van der Waals surface area contributed by atoms with Crippen molar-refractivity contribution in [3.8, 4) is 0 Å². The fraction of sp³-hybridized carbons (Fsp3) is 0.833. The fourth-order valence-electron chi connectivity index (χ4n) is 2.11. The van der Waals surface area contributed by atoms with E-state index in [0.29, 0.717) is 6.42 Å². The maximum Gasteiger partial charge on any atom is 0.326 e. The molecule has 19 heavy (non-hydrogen) atoms. The van der Waals surface area contributed by atoms with Gasteiger partial charge in [0, 0.05) is 5.92 Å². The fourth-order valence-corrected chi connectivity index (χ4v) is 3.60. The molecule has 0 aromatic heterocycles. The van der Waals surface area contributed by atoms with E-state index in [1.54, 1.807) is 0 Å². The number of hydrogen-bond acceptors (Lipinski definition) is 4. The first-order chi connectivity index (χ1) is 8.85. The molecule has 1 saturated heterocycles. The van der Waals surface area contributed by atoms with Crippen LogP contribution >= 0.6 is 0 Å². The predicted octanol–water partition coefficient (Wildman–Crippen LogP) is 0.571. The quantitative estimate of drug-likeness (QED) is 0.745. The van der Waals surface area contributed by atoms with Gasteiger partial charge < -0.3 is 10.4 Å². The summed E-state index contributed by atoms with van der Waals surface area (Å²) in [4.78, 5) is 22.9. The monoisotopic (exact) mass is 291 g/mol. The zero-order chi connectivity index (χ0) is 14.5. The van der Waals surface area contributed by atoms with Gasteiger partial charge in [-0.1, -0.05) is 19.8 Å². The largest absolute Gasteiger partial charge is 0.480 e. The van der Waals surface area contributed by atoms with Crippen molar-refractivity contribution in [2.24, 2.45) is 5.92 Å². The highest BCUT2D eigenvalue weighted by Gasteiger charge is 2.30. The van der Waals surface area contributed by atoms with Gasteiger partial charge in [-0.25, -0.2) is 13.2 Å². The molecule has 1 fully saturated rings. The van der Waals surface area contributed by atoms with E-state index in [4.69, 9.17) is 5.11 Å². The number of sulfone groups is 1. The first kappa shape index (κ1) is 15.9. The summed E-state index contributed by atoms with van der Waals surface area (Å²) in [6.45, 7) is 1.95. The Balaban J connectivity index is 2.51. The van der Waals surface area contributed by atoms with Crippen LogP contribution < -0.4 is 5.32 Å². The number of amides is 1. The summed E-state index contributed by atoms with van der Waals surface area (Å²) in [6, 6.07) is -0.869. The number of rotatable bonds is 6. The summed E-state index contributed by atoms with van der Waals surface area (Å²) < 4.78 is 22.5. The molecule has 0 aliphatic carbocycles. The minimum atomic E-state index is -3.00. The lowest BCUT2D eigenvalue weighted by Gasteiger charge is -2.23. The van der Waals surface area contributed by atoms with E-state index in [1.165, 1.54) is 0 Å². The van der Waals surface area contributed by atoms with Crippen LogP contribution in [0.15, 0.2) is 0 Å². The number of hydrogen-bond donors (Lipinski definition) is 2. The molecule has 1 aliphatic rings. The van der Waals surface area contributed by atoms with Gasteiger partial charge in [0.05, 0.1) is 11.5 Å². The molecule has 0 aromatic carbocycles. The van der Waals surface area contributed by atoms with E-state index in [0.717, 1.165) is 12.8 Å². The second-order valence-corrected chi connectivity index (χ2v) is 7.27. The van der Waals surface area contributed by atoms with Gasteiger partial charge in [0.25, 0.3) is 0 Å². The zero-order valence-corrected chi connectivity index (χ0v) is 11.9. The molecule has 0 spiro atoms. The summed E-state index contributed by atoms with van der Waals surface area (Å²) in [5, 5.41) is 11.5. The molecule has 110 valence electrons. The molecule has 1 amide bonds. The van der Waals surface area contributed by atoms with Gasteiger partial charge in [0.1, 0.15) is 15.9 Å². The maximum atomic E-state index is 11.9. The van der Waals surface area contributed by atoms with Gasteiger partial charge in [-0.3, -0.25) is 4.79 Å². The highest BCUT2D eigenvalue weighted by molar-refractivity contribution is 7.91. The van der Waals surface area contributed by atoms with Crippen LogP contribution in [0.3, 0.4) is 0 Å². The molecule has 6 nitrogen and oxygen atoms in total. The van der Waals surface area contributed by atoms with Crippen LogP contribution in [-0.2, 0) is 19.4 Å². The summed E-state index contributed by atoms with van der Waals surface area (Å²) in [6.07, 6.45) is 2.57. The summed E-state index contributed by atoms with van der Waals surface area (Å²) in [5.74, 6) is -1.73. The van der Waals surface area contributed by atoms with Crippen molar-refractivity contribution in [1.82, 2.24) is 5.32 Å². The van der Waals surface area contributed by atoms with Crippen LogP contribution in [-0.4, -0.2) is 42.9 Å². The lowest BCUT2D eigenvalue weighted by molar-refractivity contribution is -0.142. The van der Waals surface area contributed by atoms with E-state index in [1.807, 2.05) is 6.92 Å². The summed E-state index contributed by atoms with van der Waals surface area (Å²) >= 11 is 0. The van der Waals surface area contributed by atoms with Gasteiger partial charge in [-0.05, 0) is 19.3 Å². The Morgan fingerprint density at radius 1 is 1.32 bits per heavy atom. The highest BCUT2D eigenvalue weighted by Crippen LogP contribution is 2.19. The Morgan fingerprint density at radius 3 is 2.37 bits per heavy atom. The number of nitrogens with one attached hydrogen (secondary N) is 1. The lowest BCUT2D eigenvalue weighted by atomic mass is 10.0. The Labute approximate surface area is 113 Å². The maximum absolute atomic E-state index is 11.9. The Kier molecular flexibility index (Phi) is 5.78. The average Bonchev–Trinajstić information content (AvgIpc) is 2.33. The van der Waals surface area contributed by atoms with Crippen molar-refractivity contribution < 1.29 is 23.1 Å². The SMILES string of the molecule is CCCCC(NC(=O)C1CCS(=O)(=O)CC1)C(=O)O. The number of aliphatic carboxylic acids is 1. The van der Waals surface area contributed by atoms with E-state index in [2.05, 4.69) is 5.32 Å². The highest BCUT2D eigenvalue weighted by atomic mass is 32.2. The molecule has 1 heterocycles. The van der Waals surface area contributed by atoms with E-state index >= 15 is 0 Å². The standard InChI is InChI=1S/C12H21NO5S/c1-2-3-4-10(12(15)16)13-11(14)9-5-7-19(17,18)8-6-9/h9-10H,2-8H2,1H3,(H,13,14)(H,15,16). The second kappa shape index (κ2) is 6.88. The van der Waals surface area contributed by atoms with Crippen LogP contribution in [0.4, 0.5) is 0 Å². The molecule has 2 N–H and O–H groups in total. The number of carbonyl (C=O) groups excluding carboxylic acids is 1. The number of carboxylic acids is 1. The summed E-state index contributed by atoms with van der Waals surface area (Å²) in [7, 11) is -3.00. The molecular weight excluding hydrogens is 270 g/mol. The van der Waals surface area contributed by atoms with E-state index in [-0.39, 0.29) is 36.2 Å². The molecule has 0 bridgehead atoms. The first-order valence-corrected chi connectivity index (χ1v) is 8.41. The topological polar surface area (TPSA) is 101 Å². The molecule has 1 aliphatic heterocycles. The lowest BCUT2D eigenvalue weighted by Crippen LogP contribution is -2.45. The third kappa shape index (κ3) is 5.18. The van der Waals surface area contributed by atoms with Crippen molar-refractivity contribution in [2.75, 3.05) is 11.5 Å². The smallest absolute Gasteiger partial charge is 0.326 e. The Morgan fingerprint density at radius 2 is 1.89 bits per heavy atom. The average molecular weight is 291 g/mol. The van der Waals surface area contributed by atoms with E-state index in [9.17, 15) is 18.0 Å². The van der Waals surface area contributed by atoms with Crippen molar-refractivity contribution >= 4 is 21.7 Å². The number of carbonyl (C=O) groups is 2. The van der Waals surface area contributed by atoms with Crippen LogP contribution in [0.2, 0.25) is 0 Å². The molecular formula is C12H21NO5S. The van der Waals surface area contributed by atoms with E-state index < -0.39 is 21.8 Å². The normalized spacial score (nSPS) is 20.7. The van der Waals surface area contributed by atoms with Crippen molar-refractivity contribution in [3.63, 3.8) is 0 Å².